The molecule has 0 saturated carbocycles. The van der Waals surface area contributed by atoms with Crippen molar-refractivity contribution in [1.29, 1.82) is 0 Å². The number of ether oxygens (including phenoxy) is 1. The molecule has 0 radical (unpaired) electrons. The Morgan fingerprint density at radius 3 is 2.88 bits per heavy atom. The Hall–Kier alpha value is -1.97. The highest BCUT2D eigenvalue weighted by atomic mass is 16.5. The average Bonchev–Trinajstić information content (AvgIpc) is 2.72. The first-order chi connectivity index (χ1) is 7.81. The normalized spacial score (nSPS) is 10.1. The maximum atomic E-state index is 5.26. The van der Waals surface area contributed by atoms with E-state index in [1.807, 2.05) is 42.1 Å². The lowest BCUT2D eigenvalue weighted by molar-refractivity contribution is 0.416. The van der Waals surface area contributed by atoms with Gasteiger partial charge in [-0.2, -0.15) is 0 Å². The third-order valence-corrected chi connectivity index (χ3v) is 2.48. The maximum absolute atomic E-state index is 5.26. The van der Waals surface area contributed by atoms with E-state index in [1.165, 1.54) is 0 Å². The van der Waals surface area contributed by atoms with E-state index in [0.29, 0.717) is 0 Å². The Morgan fingerprint density at radius 2 is 2.19 bits per heavy atom. The molecule has 16 heavy (non-hydrogen) atoms. The molecule has 0 spiro atoms. The lowest BCUT2D eigenvalue weighted by Crippen LogP contribution is -2.04. The second kappa shape index (κ2) is 4.70. The molecule has 4 heteroatoms. The number of hydrogen-bond donors (Lipinski definition) is 1. The number of imidazole rings is 1. The minimum Gasteiger partial charge on any atom is -0.495 e. The SMILES string of the molecule is COc1ccccc1NCc1cncn1C. The molecule has 0 amide bonds. The number of aromatic nitrogens is 2. The van der Waals surface area contributed by atoms with Gasteiger partial charge in [-0.15, -0.1) is 0 Å². The standard InChI is InChI=1S/C12H15N3O/c1-15-9-13-7-10(15)8-14-11-5-3-4-6-12(11)16-2/h3-7,9,14H,8H2,1-2H3. The predicted octanol–water partition coefficient (Wildman–Crippen LogP) is 2.04. The molecule has 0 atom stereocenters. The van der Waals surface area contributed by atoms with E-state index in [9.17, 15) is 0 Å². The van der Waals surface area contributed by atoms with Crippen molar-refractivity contribution in [3.63, 3.8) is 0 Å². The van der Waals surface area contributed by atoms with Crippen molar-refractivity contribution in [1.82, 2.24) is 9.55 Å². The number of para-hydroxylation sites is 2. The highest BCUT2D eigenvalue weighted by Crippen LogP contribution is 2.23. The van der Waals surface area contributed by atoms with Crippen molar-refractivity contribution < 1.29 is 4.74 Å². The number of hydrogen-bond acceptors (Lipinski definition) is 3. The van der Waals surface area contributed by atoms with Crippen LogP contribution < -0.4 is 10.1 Å². The summed E-state index contributed by atoms with van der Waals surface area (Å²) in [6.45, 7) is 0.733. The Balaban J connectivity index is 2.07. The summed E-state index contributed by atoms with van der Waals surface area (Å²) in [6.07, 6.45) is 3.64. The van der Waals surface area contributed by atoms with Gasteiger partial charge in [0, 0.05) is 13.2 Å². The van der Waals surface area contributed by atoms with Crippen LogP contribution in [-0.4, -0.2) is 16.7 Å². The Kier molecular flexibility index (Phi) is 3.10. The molecule has 0 unspecified atom stereocenters. The van der Waals surface area contributed by atoms with E-state index in [1.54, 1.807) is 13.4 Å². The zero-order chi connectivity index (χ0) is 11.4. The number of aryl methyl sites for hydroxylation is 1. The smallest absolute Gasteiger partial charge is 0.141 e. The number of nitrogens with zero attached hydrogens (tertiary/aromatic N) is 2. The molecule has 1 aromatic carbocycles. The summed E-state index contributed by atoms with van der Waals surface area (Å²) in [5, 5.41) is 3.32. The van der Waals surface area contributed by atoms with Gasteiger partial charge in [-0.3, -0.25) is 0 Å². The Labute approximate surface area is 94.9 Å². The van der Waals surface area contributed by atoms with Crippen LogP contribution in [0.3, 0.4) is 0 Å². The van der Waals surface area contributed by atoms with Crippen molar-refractivity contribution in [3.05, 3.63) is 42.5 Å². The number of methoxy groups -OCH3 is 1. The van der Waals surface area contributed by atoms with Gasteiger partial charge in [-0.1, -0.05) is 12.1 Å². The fourth-order valence-corrected chi connectivity index (χ4v) is 1.53. The third kappa shape index (κ3) is 2.16. The summed E-state index contributed by atoms with van der Waals surface area (Å²) in [7, 11) is 3.65. The van der Waals surface area contributed by atoms with E-state index < -0.39 is 0 Å². The highest BCUT2D eigenvalue weighted by Gasteiger charge is 2.02. The Bertz CT molecular complexity index is 465. The van der Waals surface area contributed by atoms with Crippen LogP contribution in [0.4, 0.5) is 5.69 Å². The molecule has 1 heterocycles. The van der Waals surface area contributed by atoms with Crippen molar-refractivity contribution in [3.8, 4) is 5.75 Å². The molecular formula is C12H15N3O. The van der Waals surface area contributed by atoms with Gasteiger partial charge in [0.15, 0.2) is 0 Å². The zero-order valence-corrected chi connectivity index (χ0v) is 9.47. The Morgan fingerprint density at radius 1 is 1.38 bits per heavy atom. The van der Waals surface area contributed by atoms with E-state index in [-0.39, 0.29) is 0 Å². The quantitative estimate of drug-likeness (QED) is 0.851. The van der Waals surface area contributed by atoms with Gasteiger partial charge in [-0.05, 0) is 12.1 Å². The fraction of sp³-hybridized carbons (Fsp3) is 0.250. The molecule has 0 saturated heterocycles. The summed E-state index contributed by atoms with van der Waals surface area (Å²) in [6, 6.07) is 7.86. The van der Waals surface area contributed by atoms with Crippen LogP contribution in [0.5, 0.6) is 5.75 Å². The van der Waals surface area contributed by atoms with Crippen molar-refractivity contribution in [2.24, 2.45) is 7.05 Å². The molecule has 1 aromatic heterocycles. The first kappa shape index (κ1) is 10.5. The van der Waals surface area contributed by atoms with Gasteiger partial charge >= 0.3 is 0 Å². The molecule has 0 aliphatic rings. The zero-order valence-electron chi connectivity index (χ0n) is 9.47. The van der Waals surface area contributed by atoms with Crippen LogP contribution in [0.1, 0.15) is 5.69 Å². The summed E-state index contributed by atoms with van der Waals surface area (Å²) >= 11 is 0. The van der Waals surface area contributed by atoms with E-state index in [0.717, 1.165) is 23.7 Å². The van der Waals surface area contributed by atoms with E-state index >= 15 is 0 Å². The molecule has 2 aromatic rings. The summed E-state index contributed by atoms with van der Waals surface area (Å²) in [5.74, 6) is 0.852. The first-order valence-electron chi connectivity index (χ1n) is 5.13. The van der Waals surface area contributed by atoms with Gasteiger partial charge in [0.25, 0.3) is 0 Å². The second-order valence-electron chi connectivity index (χ2n) is 3.55. The minimum absolute atomic E-state index is 0.733. The molecule has 0 fully saturated rings. The molecule has 0 aliphatic heterocycles. The van der Waals surface area contributed by atoms with Gasteiger partial charge in [0.05, 0.1) is 31.4 Å². The molecule has 1 N–H and O–H groups in total. The lowest BCUT2D eigenvalue weighted by Gasteiger charge is -2.10. The predicted molar refractivity (Wildman–Crippen MR) is 63.5 cm³/mol. The lowest BCUT2D eigenvalue weighted by atomic mass is 10.3. The van der Waals surface area contributed by atoms with Gasteiger partial charge in [0.1, 0.15) is 5.75 Å². The van der Waals surface area contributed by atoms with Crippen molar-refractivity contribution in [2.75, 3.05) is 12.4 Å². The second-order valence-corrected chi connectivity index (χ2v) is 3.55. The van der Waals surface area contributed by atoms with Crippen LogP contribution in [0.25, 0.3) is 0 Å². The average molecular weight is 217 g/mol. The number of anilines is 1. The third-order valence-electron chi connectivity index (χ3n) is 2.48. The number of nitrogens with one attached hydrogen (secondary N) is 1. The van der Waals surface area contributed by atoms with Gasteiger partial charge < -0.3 is 14.6 Å². The maximum Gasteiger partial charge on any atom is 0.141 e. The minimum atomic E-state index is 0.733. The largest absolute Gasteiger partial charge is 0.495 e. The highest BCUT2D eigenvalue weighted by molar-refractivity contribution is 5.56. The summed E-state index contributed by atoms with van der Waals surface area (Å²) in [5.41, 5.74) is 2.12. The molecule has 4 nitrogen and oxygen atoms in total. The van der Waals surface area contributed by atoms with Gasteiger partial charge in [0.2, 0.25) is 0 Å². The first-order valence-corrected chi connectivity index (χ1v) is 5.13. The topological polar surface area (TPSA) is 39.1 Å². The van der Waals surface area contributed by atoms with Gasteiger partial charge in [-0.25, -0.2) is 4.98 Å². The fourth-order valence-electron chi connectivity index (χ4n) is 1.53. The van der Waals surface area contributed by atoms with Crippen LogP contribution >= 0.6 is 0 Å². The number of rotatable bonds is 4. The molecule has 2 rings (SSSR count). The summed E-state index contributed by atoms with van der Waals surface area (Å²) in [4.78, 5) is 4.07. The molecule has 84 valence electrons. The molecule has 0 aliphatic carbocycles. The number of benzene rings is 1. The molecule has 0 bridgehead atoms. The van der Waals surface area contributed by atoms with Crippen LogP contribution in [0.2, 0.25) is 0 Å². The molecular weight excluding hydrogens is 202 g/mol. The van der Waals surface area contributed by atoms with Crippen molar-refractivity contribution in [2.45, 2.75) is 6.54 Å². The van der Waals surface area contributed by atoms with Crippen LogP contribution in [-0.2, 0) is 13.6 Å². The van der Waals surface area contributed by atoms with E-state index in [2.05, 4.69) is 10.3 Å². The van der Waals surface area contributed by atoms with E-state index in [4.69, 9.17) is 4.74 Å². The van der Waals surface area contributed by atoms with Crippen LogP contribution in [0.15, 0.2) is 36.8 Å². The monoisotopic (exact) mass is 217 g/mol. The van der Waals surface area contributed by atoms with Crippen molar-refractivity contribution >= 4 is 5.69 Å². The summed E-state index contributed by atoms with van der Waals surface area (Å²) < 4.78 is 7.25. The van der Waals surface area contributed by atoms with Crippen LogP contribution in [0, 0.1) is 0 Å².